The van der Waals surface area contributed by atoms with Crippen molar-refractivity contribution in [2.75, 3.05) is 5.73 Å². The van der Waals surface area contributed by atoms with E-state index in [9.17, 15) is 4.79 Å². The van der Waals surface area contributed by atoms with Crippen LogP contribution >= 0.6 is 0 Å². The molecule has 112 valence electrons. The first-order valence-electron chi connectivity index (χ1n) is 7.61. The number of hydrogen-bond acceptors (Lipinski definition) is 2. The van der Waals surface area contributed by atoms with E-state index in [2.05, 4.69) is 39.0 Å². The highest BCUT2D eigenvalue weighted by atomic mass is 16.1. The number of anilines is 1. The van der Waals surface area contributed by atoms with Crippen LogP contribution in [-0.2, 0) is 6.54 Å². The predicted octanol–water partition coefficient (Wildman–Crippen LogP) is 3.90. The SMILES string of the molecule is CCCCCn1c(-c2cc(C)ccc2C)ccc(N)c1=O. The van der Waals surface area contributed by atoms with Gasteiger partial charge in [-0.2, -0.15) is 0 Å². The molecule has 21 heavy (non-hydrogen) atoms. The number of benzene rings is 1. The predicted molar refractivity (Wildman–Crippen MR) is 89.5 cm³/mol. The van der Waals surface area contributed by atoms with E-state index in [0.717, 1.165) is 37.1 Å². The van der Waals surface area contributed by atoms with Crippen molar-refractivity contribution in [3.8, 4) is 11.3 Å². The molecule has 2 rings (SSSR count). The molecular formula is C18H24N2O. The molecule has 0 fully saturated rings. The van der Waals surface area contributed by atoms with Gasteiger partial charge in [-0.15, -0.1) is 0 Å². The summed E-state index contributed by atoms with van der Waals surface area (Å²) in [5.41, 5.74) is 10.5. The zero-order valence-corrected chi connectivity index (χ0v) is 13.1. The molecule has 3 heteroatoms. The number of unbranched alkanes of at least 4 members (excludes halogenated alkanes) is 2. The third-order valence-corrected chi connectivity index (χ3v) is 3.86. The van der Waals surface area contributed by atoms with E-state index in [1.807, 2.05) is 10.6 Å². The van der Waals surface area contributed by atoms with E-state index in [1.54, 1.807) is 6.07 Å². The fraction of sp³-hybridized carbons (Fsp3) is 0.389. The molecule has 0 saturated heterocycles. The largest absolute Gasteiger partial charge is 0.394 e. The number of hydrogen-bond donors (Lipinski definition) is 1. The van der Waals surface area contributed by atoms with Gasteiger partial charge >= 0.3 is 0 Å². The monoisotopic (exact) mass is 284 g/mol. The second-order valence-corrected chi connectivity index (χ2v) is 5.66. The summed E-state index contributed by atoms with van der Waals surface area (Å²) in [7, 11) is 0. The molecule has 0 aliphatic carbocycles. The summed E-state index contributed by atoms with van der Waals surface area (Å²) in [5, 5.41) is 0. The van der Waals surface area contributed by atoms with Crippen LogP contribution in [0, 0.1) is 13.8 Å². The summed E-state index contributed by atoms with van der Waals surface area (Å²) in [6.45, 7) is 7.03. The topological polar surface area (TPSA) is 48.0 Å². The minimum atomic E-state index is -0.0792. The highest BCUT2D eigenvalue weighted by Crippen LogP contribution is 2.24. The first kappa shape index (κ1) is 15.4. The van der Waals surface area contributed by atoms with Gasteiger partial charge in [-0.25, -0.2) is 0 Å². The van der Waals surface area contributed by atoms with Crippen LogP contribution < -0.4 is 11.3 Å². The first-order valence-corrected chi connectivity index (χ1v) is 7.61. The standard InChI is InChI=1S/C18H24N2O/c1-4-5-6-11-20-17(10-9-16(19)18(20)21)15-12-13(2)7-8-14(15)3/h7-10,12H,4-6,11,19H2,1-3H3. The maximum absolute atomic E-state index is 12.4. The summed E-state index contributed by atoms with van der Waals surface area (Å²) in [6.07, 6.45) is 3.25. The molecule has 0 amide bonds. The molecular weight excluding hydrogens is 260 g/mol. The minimum Gasteiger partial charge on any atom is -0.394 e. The van der Waals surface area contributed by atoms with Gasteiger partial charge in [-0.05, 0) is 44.0 Å². The van der Waals surface area contributed by atoms with Crippen LogP contribution in [0.3, 0.4) is 0 Å². The molecule has 0 spiro atoms. The average molecular weight is 284 g/mol. The highest BCUT2D eigenvalue weighted by Gasteiger charge is 2.11. The lowest BCUT2D eigenvalue weighted by molar-refractivity contribution is 0.593. The van der Waals surface area contributed by atoms with Crippen molar-refractivity contribution in [1.82, 2.24) is 4.57 Å². The molecule has 0 unspecified atom stereocenters. The molecule has 1 aromatic carbocycles. The van der Waals surface area contributed by atoms with Crippen molar-refractivity contribution in [2.45, 2.75) is 46.6 Å². The zero-order chi connectivity index (χ0) is 15.4. The third kappa shape index (κ3) is 3.35. The summed E-state index contributed by atoms with van der Waals surface area (Å²) in [5.74, 6) is 0. The van der Waals surface area contributed by atoms with Crippen molar-refractivity contribution in [3.63, 3.8) is 0 Å². The van der Waals surface area contributed by atoms with Gasteiger partial charge in [-0.3, -0.25) is 4.79 Å². The Morgan fingerprint density at radius 2 is 1.86 bits per heavy atom. The van der Waals surface area contributed by atoms with Crippen molar-refractivity contribution in [2.24, 2.45) is 0 Å². The molecule has 3 nitrogen and oxygen atoms in total. The Bertz CT molecular complexity index is 686. The number of aryl methyl sites for hydroxylation is 2. The van der Waals surface area contributed by atoms with Gasteiger partial charge in [0.25, 0.3) is 5.56 Å². The van der Waals surface area contributed by atoms with E-state index in [-0.39, 0.29) is 5.56 Å². The number of aromatic nitrogens is 1. The van der Waals surface area contributed by atoms with Crippen molar-refractivity contribution in [1.29, 1.82) is 0 Å². The molecule has 0 bridgehead atoms. The van der Waals surface area contributed by atoms with Crippen LogP contribution in [0.5, 0.6) is 0 Å². The van der Waals surface area contributed by atoms with Crippen LogP contribution in [0.4, 0.5) is 5.69 Å². The number of nitrogen functional groups attached to an aromatic ring is 1. The lowest BCUT2D eigenvalue weighted by Gasteiger charge is -2.16. The maximum atomic E-state index is 12.4. The Morgan fingerprint density at radius 3 is 2.57 bits per heavy atom. The third-order valence-electron chi connectivity index (χ3n) is 3.86. The Balaban J connectivity index is 2.54. The molecule has 0 atom stereocenters. The van der Waals surface area contributed by atoms with Crippen LogP contribution in [0.2, 0.25) is 0 Å². The van der Waals surface area contributed by atoms with Gasteiger partial charge in [0, 0.05) is 12.1 Å². The zero-order valence-electron chi connectivity index (χ0n) is 13.1. The number of rotatable bonds is 5. The molecule has 2 N–H and O–H groups in total. The van der Waals surface area contributed by atoms with Gasteiger partial charge < -0.3 is 10.3 Å². The fourth-order valence-corrected chi connectivity index (χ4v) is 2.58. The highest BCUT2D eigenvalue weighted by molar-refractivity contribution is 5.66. The molecule has 1 heterocycles. The Labute approximate surface area is 126 Å². The Hall–Kier alpha value is -2.03. The van der Waals surface area contributed by atoms with Crippen LogP contribution in [0.15, 0.2) is 35.1 Å². The summed E-state index contributed by atoms with van der Waals surface area (Å²) in [6, 6.07) is 10.0. The summed E-state index contributed by atoms with van der Waals surface area (Å²) in [4.78, 5) is 12.4. The molecule has 0 radical (unpaired) electrons. The molecule has 0 aliphatic heterocycles. The van der Waals surface area contributed by atoms with Crippen LogP contribution in [-0.4, -0.2) is 4.57 Å². The average Bonchev–Trinajstić information content (AvgIpc) is 2.47. The van der Waals surface area contributed by atoms with Gasteiger partial charge in [0.05, 0.1) is 11.4 Å². The van der Waals surface area contributed by atoms with E-state index < -0.39 is 0 Å². The van der Waals surface area contributed by atoms with Crippen LogP contribution in [0.1, 0.15) is 37.3 Å². The summed E-state index contributed by atoms with van der Waals surface area (Å²) < 4.78 is 1.83. The molecule has 1 aromatic heterocycles. The molecule has 0 aliphatic rings. The van der Waals surface area contributed by atoms with E-state index in [0.29, 0.717) is 5.69 Å². The quantitative estimate of drug-likeness (QED) is 0.846. The van der Waals surface area contributed by atoms with Gasteiger partial charge in [-0.1, -0.05) is 37.5 Å². The maximum Gasteiger partial charge on any atom is 0.274 e. The normalized spacial score (nSPS) is 10.8. The summed E-state index contributed by atoms with van der Waals surface area (Å²) >= 11 is 0. The van der Waals surface area contributed by atoms with E-state index >= 15 is 0 Å². The van der Waals surface area contributed by atoms with Gasteiger partial charge in [0.2, 0.25) is 0 Å². The molecule has 0 saturated carbocycles. The lowest BCUT2D eigenvalue weighted by atomic mass is 10.0. The Morgan fingerprint density at radius 1 is 1.10 bits per heavy atom. The number of nitrogens with zero attached hydrogens (tertiary/aromatic N) is 1. The lowest BCUT2D eigenvalue weighted by Crippen LogP contribution is -2.24. The number of nitrogens with two attached hydrogens (primary N) is 1. The van der Waals surface area contributed by atoms with Crippen molar-refractivity contribution < 1.29 is 0 Å². The smallest absolute Gasteiger partial charge is 0.274 e. The second-order valence-electron chi connectivity index (χ2n) is 5.66. The van der Waals surface area contributed by atoms with Gasteiger partial charge in [0.15, 0.2) is 0 Å². The van der Waals surface area contributed by atoms with Gasteiger partial charge in [0.1, 0.15) is 0 Å². The van der Waals surface area contributed by atoms with Crippen molar-refractivity contribution >= 4 is 5.69 Å². The van der Waals surface area contributed by atoms with Crippen LogP contribution in [0.25, 0.3) is 11.3 Å². The van der Waals surface area contributed by atoms with E-state index in [1.165, 1.54) is 11.1 Å². The first-order chi connectivity index (χ1) is 10.0. The van der Waals surface area contributed by atoms with Crippen molar-refractivity contribution in [3.05, 3.63) is 51.8 Å². The molecule has 2 aromatic rings. The minimum absolute atomic E-state index is 0.0792. The second kappa shape index (κ2) is 6.61. The van der Waals surface area contributed by atoms with E-state index in [4.69, 9.17) is 5.73 Å². The number of pyridine rings is 1. The Kier molecular flexibility index (Phi) is 4.84. The fourth-order valence-electron chi connectivity index (χ4n) is 2.58.